The molecule has 6 heteroatoms. The highest BCUT2D eigenvalue weighted by Gasteiger charge is 2.33. The zero-order valence-corrected chi connectivity index (χ0v) is 14.0. The SMILES string of the molecule is CC1C(NC(=O)N(C)C)CCCN1C(=O)OCc1ccccc1. The van der Waals surface area contributed by atoms with Gasteiger partial charge in [0.1, 0.15) is 6.61 Å². The highest BCUT2D eigenvalue weighted by atomic mass is 16.6. The first kappa shape index (κ1) is 17.1. The number of rotatable bonds is 3. The molecule has 2 rings (SSSR count). The summed E-state index contributed by atoms with van der Waals surface area (Å²) in [6.07, 6.45) is 1.39. The maximum absolute atomic E-state index is 12.3. The maximum Gasteiger partial charge on any atom is 0.410 e. The average Bonchev–Trinajstić information content (AvgIpc) is 2.55. The molecule has 0 saturated carbocycles. The van der Waals surface area contributed by atoms with E-state index in [9.17, 15) is 9.59 Å². The molecule has 1 saturated heterocycles. The first-order chi connectivity index (χ1) is 11.0. The molecular weight excluding hydrogens is 294 g/mol. The van der Waals surface area contributed by atoms with Crippen molar-refractivity contribution in [1.82, 2.24) is 15.1 Å². The topological polar surface area (TPSA) is 61.9 Å². The van der Waals surface area contributed by atoms with Crippen molar-refractivity contribution in [2.75, 3.05) is 20.6 Å². The van der Waals surface area contributed by atoms with E-state index in [0.29, 0.717) is 6.54 Å². The molecule has 0 radical (unpaired) electrons. The number of nitrogens with one attached hydrogen (secondary N) is 1. The molecule has 1 aromatic carbocycles. The number of ether oxygens (including phenoxy) is 1. The van der Waals surface area contributed by atoms with E-state index in [1.807, 2.05) is 37.3 Å². The normalized spacial score (nSPS) is 20.7. The van der Waals surface area contributed by atoms with E-state index in [2.05, 4.69) is 5.32 Å². The van der Waals surface area contributed by atoms with Gasteiger partial charge in [0.15, 0.2) is 0 Å². The fraction of sp³-hybridized carbons (Fsp3) is 0.529. The molecule has 1 heterocycles. The Morgan fingerprint density at radius 1 is 1.30 bits per heavy atom. The van der Waals surface area contributed by atoms with Gasteiger partial charge in [0.05, 0.1) is 12.1 Å². The predicted molar refractivity (Wildman–Crippen MR) is 88.0 cm³/mol. The Bertz CT molecular complexity index is 533. The van der Waals surface area contributed by atoms with Gasteiger partial charge in [0.2, 0.25) is 0 Å². The van der Waals surface area contributed by atoms with Crippen molar-refractivity contribution in [1.29, 1.82) is 0 Å². The van der Waals surface area contributed by atoms with Crippen LogP contribution in [-0.4, -0.2) is 54.6 Å². The predicted octanol–water partition coefficient (Wildman–Crippen LogP) is 2.45. The van der Waals surface area contributed by atoms with Gasteiger partial charge in [-0.1, -0.05) is 30.3 Å². The molecule has 1 fully saturated rings. The number of hydrogen-bond donors (Lipinski definition) is 1. The standard InChI is InChI=1S/C17H25N3O3/c1-13-15(18-16(21)19(2)3)10-7-11-20(13)17(22)23-12-14-8-5-4-6-9-14/h4-6,8-9,13,15H,7,10-12H2,1-3H3,(H,18,21). The van der Waals surface area contributed by atoms with Gasteiger partial charge in [-0.05, 0) is 25.3 Å². The van der Waals surface area contributed by atoms with E-state index >= 15 is 0 Å². The van der Waals surface area contributed by atoms with Crippen LogP contribution in [0.4, 0.5) is 9.59 Å². The van der Waals surface area contributed by atoms with Crippen molar-refractivity contribution in [2.45, 2.75) is 38.5 Å². The second-order valence-electron chi connectivity index (χ2n) is 6.07. The van der Waals surface area contributed by atoms with Gasteiger partial charge in [0.25, 0.3) is 0 Å². The van der Waals surface area contributed by atoms with E-state index in [1.165, 1.54) is 4.90 Å². The monoisotopic (exact) mass is 319 g/mol. The van der Waals surface area contributed by atoms with Crippen molar-refractivity contribution in [3.63, 3.8) is 0 Å². The van der Waals surface area contributed by atoms with Crippen molar-refractivity contribution in [3.8, 4) is 0 Å². The number of hydrogen-bond acceptors (Lipinski definition) is 3. The third kappa shape index (κ3) is 4.61. The largest absolute Gasteiger partial charge is 0.445 e. The number of carbonyl (C=O) groups is 2. The molecular formula is C17H25N3O3. The molecule has 0 spiro atoms. The Labute approximate surface area is 137 Å². The summed E-state index contributed by atoms with van der Waals surface area (Å²) in [6.45, 7) is 2.87. The zero-order valence-electron chi connectivity index (χ0n) is 14.0. The fourth-order valence-corrected chi connectivity index (χ4v) is 2.68. The van der Waals surface area contributed by atoms with Crippen LogP contribution in [0.5, 0.6) is 0 Å². The Balaban J connectivity index is 1.90. The molecule has 0 bridgehead atoms. The Kier molecular flexibility index (Phi) is 5.84. The molecule has 1 aliphatic heterocycles. The highest BCUT2D eigenvalue weighted by molar-refractivity contribution is 5.74. The molecule has 1 aromatic rings. The van der Waals surface area contributed by atoms with Gasteiger partial charge in [-0.2, -0.15) is 0 Å². The summed E-state index contributed by atoms with van der Waals surface area (Å²) in [5.74, 6) is 0. The summed E-state index contributed by atoms with van der Waals surface area (Å²) in [7, 11) is 3.41. The number of urea groups is 1. The number of piperidine rings is 1. The van der Waals surface area contributed by atoms with Gasteiger partial charge in [-0.15, -0.1) is 0 Å². The van der Waals surface area contributed by atoms with Crippen LogP contribution in [0, 0.1) is 0 Å². The van der Waals surface area contributed by atoms with E-state index in [4.69, 9.17) is 4.74 Å². The van der Waals surface area contributed by atoms with Gasteiger partial charge in [0, 0.05) is 20.6 Å². The smallest absolute Gasteiger partial charge is 0.410 e. The van der Waals surface area contributed by atoms with Crippen LogP contribution in [0.25, 0.3) is 0 Å². The van der Waals surface area contributed by atoms with Crippen molar-refractivity contribution < 1.29 is 14.3 Å². The third-order valence-electron chi connectivity index (χ3n) is 4.14. The van der Waals surface area contributed by atoms with E-state index in [0.717, 1.165) is 18.4 Å². The minimum absolute atomic E-state index is 0.0528. The second kappa shape index (κ2) is 7.85. The molecule has 2 atom stereocenters. The lowest BCUT2D eigenvalue weighted by Gasteiger charge is -2.39. The molecule has 1 aliphatic rings. The number of amides is 3. The first-order valence-electron chi connectivity index (χ1n) is 7.94. The van der Waals surface area contributed by atoms with Gasteiger partial charge in [-0.3, -0.25) is 0 Å². The summed E-state index contributed by atoms with van der Waals surface area (Å²) in [6, 6.07) is 9.33. The summed E-state index contributed by atoms with van der Waals surface area (Å²) in [5, 5.41) is 2.96. The van der Waals surface area contributed by atoms with E-state index in [1.54, 1.807) is 19.0 Å². The van der Waals surface area contributed by atoms with Gasteiger partial charge < -0.3 is 19.9 Å². The molecule has 1 N–H and O–H groups in total. The van der Waals surface area contributed by atoms with Gasteiger partial charge >= 0.3 is 12.1 Å². The van der Waals surface area contributed by atoms with Gasteiger partial charge in [-0.25, -0.2) is 9.59 Å². The Morgan fingerprint density at radius 3 is 2.65 bits per heavy atom. The fourth-order valence-electron chi connectivity index (χ4n) is 2.68. The minimum Gasteiger partial charge on any atom is -0.445 e. The van der Waals surface area contributed by atoms with Crippen molar-refractivity contribution in [2.24, 2.45) is 0 Å². The number of likely N-dealkylation sites (tertiary alicyclic amines) is 1. The lowest BCUT2D eigenvalue weighted by molar-refractivity contribution is 0.0622. The average molecular weight is 319 g/mol. The molecule has 3 amide bonds. The van der Waals surface area contributed by atoms with Crippen molar-refractivity contribution in [3.05, 3.63) is 35.9 Å². The summed E-state index contributed by atoms with van der Waals surface area (Å²) in [5.41, 5.74) is 0.961. The molecule has 0 aliphatic carbocycles. The van der Waals surface area contributed by atoms with Crippen LogP contribution >= 0.6 is 0 Å². The number of nitrogens with zero attached hydrogens (tertiary/aromatic N) is 2. The highest BCUT2D eigenvalue weighted by Crippen LogP contribution is 2.19. The number of carbonyl (C=O) groups excluding carboxylic acids is 2. The van der Waals surface area contributed by atoms with Crippen LogP contribution in [0.1, 0.15) is 25.3 Å². The van der Waals surface area contributed by atoms with E-state index in [-0.39, 0.29) is 30.8 Å². The number of benzene rings is 1. The minimum atomic E-state index is -0.329. The third-order valence-corrected chi connectivity index (χ3v) is 4.14. The zero-order chi connectivity index (χ0) is 16.8. The Morgan fingerprint density at radius 2 is 2.00 bits per heavy atom. The summed E-state index contributed by atoms with van der Waals surface area (Å²) >= 11 is 0. The van der Waals surface area contributed by atoms with Crippen LogP contribution in [0.15, 0.2) is 30.3 Å². The molecule has 6 nitrogen and oxygen atoms in total. The maximum atomic E-state index is 12.3. The first-order valence-corrected chi connectivity index (χ1v) is 7.94. The second-order valence-corrected chi connectivity index (χ2v) is 6.07. The quantitative estimate of drug-likeness (QED) is 0.931. The van der Waals surface area contributed by atoms with Crippen LogP contribution in [0.3, 0.4) is 0 Å². The molecule has 23 heavy (non-hydrogen) atoms. The van der Waals surface area contributed by atoms with Crippen LogP contribution < -0.4 is 5.32 Å². The molecule has 0 aromatic heterocycles. The molecule has 126 valence electrons. The van der Waals surface area contributed by atoms with Crippen LogP contribution in [0.2, 0.25) is 0 Å². The lowest BCUT2D eigenvalue weighted by Crippen LogP contribution is -2.57. The summed E-state index contributed by atoms with van der Waals surface area (Å²) < 4.78 is 5.40. The van der Waals surface area contributed by atoms with Crippen molar-refractivity contribution >= 4 is 12.1 Å². The lowest BCUT2D eigenvalue weighted by atomic mass is 9.98. The summed E-state index contributed by atoms with van der Waals surface area (Å²) in [4.78, 5) is 27.4. The Hall–Kier alpha value is -2.24. The molecule has 2 unspecified atom stereocenters. The van der Waals surface area contributed by atoms with E-state index < -0.39 is 0 Å². The van der Waals surface area contributed by atoms with Crippen LogP contribution in [-0.2, 0) is 11.3 Å².